The van der Waals surface area contributed by atoms with Crippen LogP contribution in [0.3, 0.4) is 0 Å². The number of rotatable bonds is 4. The van der Waals surface area contributed by atoms with Crippen LogP contribution in [0.4, 0.5) is 0 Å². The molecule has 7 heteroatoms. The second kappa shape index (κ2) is 7.61. The summed E-state index contributed by atoms with van der Waals surface area (Å²) in [6.07, 6.45) is 3.28. The summed E-state index contributed by atoms with van der Waals surface area (Å²) in [7, 11) is 1.51. The Bertz CT molecular complexity index is 726. The lowest BCUT2D eigenvalue weighted by Gasteiger charge is -2.32. The van der Waals surface area contributed by atoms with E-state index in [9.17, 15) is 4.79 Å². The van der Waals surface area contributed by atoms with Crippen LogP contribution in [0.1, 0.15) is 23.2 Å². The van der Waals surface area contributed by atoms with Crippen LogP contribution in [0.2, 0.25) is 0 Å². The number of carbonyl (C=O) groups is 1. The molecule has 126 valence electrons. The van der Waals surface area contributed by atoms with E-state index in [1.165, 1.54) is 7.11 Å². The molecule has 0 aliphatic carbocycles. The minimum Gasteiger partial charge on any atom is -0.472 e. The molecule has 0 spiro atoms. The number of aromatic nitrogens is 2. The van der Waals surface area contributed by atoms with Gasteiger partial charge in [0.05, 0.1) is 13.7 Å². The summed E-state index contributed by atoms with van der Waals surface area (Å²) in [6, 6.07) is 9.39. The Morgan fingerprint density at radius 2 is 2.25 bits per heavy atom. The van der Waals surface area contributed by atoms with Crippen LogP contribution in [-0.2, 0) is 0 Å². The molecule has 6 nitrogen and oxygen atoms in total. The molecular formula is C17H18BrN3O3. The van der Waals surface area contributed by atoms with Gasteiger partial charge in [-0.15, -0.1) is 0 Å². The largest absolute Gasteiger partial charge is 0.472 e. The molecule has 1 unspecified atom stereocenters. The van der Waals surface area contributed by atoms with E-state index < -0.39 is 0 Å². The van der Waals surface area contributed by atoms with E-state index in [0.717, 1.165) is 23.9 Å². The Labute approximate surface area is 148 Å². The molecule has 0 saturated carbocycles. The van der Waals surface area contributed by atoms with Crippen molar-refractivity contribution in [2.24, 2.45) is 0 Å². The second-order valence-electron chi connectivity index (χ2n) is 5.53. The zero-order valence-electron chi connectivity index (χ0n) is 13.3. The molecule has 1 saturated heterocycles. The van der Waals surface area contributed by atoms with Gasteiger partial charge in [-0.05, 0) is 31.0 Å². The molecule has 0 bridgehead atoms. The number of ether oxygens (including phenoxy) is 2. The molecule has 3 rings (SSSR count). The summed E-state index contributed by atoms with van der Waals surface area (Å²) in [5.74, 6) is 0.480. The lowest BCUT2D eigenvalue weighted by atomic mass is 10.1. The van der Waals surface area contributed by atoms with Crippen LogP contribution in [0.15, 0.2) is 41.0 Å². The molecular weight excluding hydrogens is 374 g/mol. The highest BCUT2D eigenvalue weighted by atomic mass is 79.9. The first kappa shape index (κ1) is 16.7. The van der Waals surface area contributed by atoms with Crippen molar-refractivity contribution in [3.63, 3.8) is 0 Å². The van der Waals surface area contributed by atoms with Crippen molar-refractivity contribution >= 4 is 21.8 Å². The van der Waals surface area contributed by atoms with Crippen LogP contribution in [-0.4, -0.2) is 47.1 Å². The number of halogens is 1. The number of carbonyl (C=O) groups excluding carboxylic acids is 1. The summed E-state index contributed by atoms with van der Waals surface area (Å²) in [4.78, 5) is 22.6. The van der Waals surface area contributed by atoms with Crippen LogP contribution < -0.4 is 9.47 Å². The highest BCUT2D eigenvalue weighted by molar-refractivity contribution is 9.10. The van der Waals surface area contributed by atoms with E-state index >= 15 is 0 Å². The molecule has 2 heterocycles. The average Bonchev–Trinajstić information content (AvgIpc) is 2.61. The van der Waals surface area contributed by atoms with Crippen molar-refractivity contribution in [1.29, 1.82) is 0 Å². The molecule has 1 aliphatic heterocycles. The van der Waals surface area contributed by atoms with Gasteiger partial charge in [0.2, 0.25) is 5.88 Å². The highest BCUT2D eigenvalue weighted by Gasteiger charge is 2.26. The number of piperidine rings is 1. The van der Waals surface area contributed by atoms with E-state index in [1.807, 2.05) is 29.2 Å². The maximum absolute atomic E-state index is 12.7. The minimum atomic E-state index is -0.0885. The maximum Gasteiger partial charge on any atom is 0.319 e. The number of nitrogens with zero attached hydrogens (tertiary/aromatic N) is 3. The smallest absolute Gasteiger partial charge is 0.319 e. The number of hydrogen-bond donors (Lipinski definition) is 0. The first-order chi connectivity index (χ1) is 11.7. The van der Waals surface area contributed by atoms with Gasteiger partial charge in [0.25, 0.3) is 5.91 Å². The molecule has 1 atom stereocenters. The third-order valence-electron chi connectivity index (χ3n) is 3.81. The number of benzene rings is 1. The summed E-state index contributed by atoms with van der Waals surface area (Å²) >= 11 is 3.40. The van der Waals surface area contributed by atoms with Gasteiger partial charge < -0.3 is 14.4 Å². The number of hydrogen-bond acceptors (Lipinski definition) is 5. The third-order valence-corrected chi connectivity index (χ3v) is 4.31. The number of methoxy groups -OCH3 is 1. The van der Waals surface area contributed by atoms with Crippen LogP contribution in [0.25, 0.3) is 0 Å². The van der Waals surface area contributed by atoms with Crippen molar-refractivity contribution in [3.05, 3.63) is 46.6 Å². The van der Waals surface area contributed by atoms with Crippen LogP contribution in [0.5, 0.6) is 11.9 Å². The van der Waals surface area contributed by atoms with Crippen molar-refractivity contribution in [2.45, 2.75) is 18.9 Å². The molecule has 1 amide bonds. The van der Waals surface area contributed by atoms with E-state index in [0.29, 0.717) is 18.0 Å². The van der Waals surface area contributed by atoms with E-state index in [-0.39, 0.29) is 18.0 Å². The van der Waals surface area contributed by atoms with Crippen LogP contribution >= 0.6 is 15.9 Å². The van der Waals surface area contributed by atoms with E-state index in [1.54, 1.807) is 12.3 Å². The fourth-order valence-electron chi connectivity index (χ4n) is 2.68. The molecule has 1 aromatic carbocycles. The summed E-state index contributed by atoms with van der Waals surface area (Å²) in [6.45, 7) is 1.27. The Balaban J connectivity index is 1.66. The number of likely N-dealkylation sites (tertiary alicyclic amines) is 1. The highest BCUT2D eigenvalue weighted by Crippen LogP contribution is 2.20. The predicted octanol–water partition coefficient (Wildman–Crippen LogP) is 2.93. The zero-order chi connectivity index (χ0) is 16.9. The van der Waals surface area contributed by atoms with Crippen LogP contribution in [0, 0.1) is 0 Å². The van der Waals surface area contributed by atoms with Gasteiger partial charge in [-0.1, -0.05) is 22.0 Å². The Morgan fingerprint density at radius 3 is 3.04 bits per heavy atom. The number of amides is 1. The SMILES string of the molecule is COc1nccc(OC2CCCN(C(=O)c3cccc(Br)c3)C2)n1. The fourth-order valence-corrected chi connectivity index (χ4v) is 3.08. The topological polar surface area (TPSA) is 64.6 Å². The zero-order valence-corrected chi connectivity index (χ0v) is 14.9. The summed E-state index contributed by atoms with van der Waals surface area (Å²) in [5, 5.41) is 0. The lowest BCUT2D eigenvalue weighted by molar-refractivity contribution is 0.0525. The summed E-state index contributed by atoms with van der Waals surface area (Å²) in [5.41, 5.74) is 0.675. The molecule has 1 aliphatic rings. The van der Waals surface area contributed by atoms with Gasteiger partial charge in [0, 0.05) is 28.8 Å². The Kier molecular flexibility index (Phi) is 5.30. The molecule has 24 heavy (non-hydrogen) atoms. The van der Waals surface area contributed by atoms with Gasteiger partial charge in [-0.2, -0.15) is 4.98 Å². The van der Waals surface area contributed by atoms with Crippen molar-refractivity contribution in [2.75, 3.05) is 20.2 Å². The average molecular weight is 392 g/mol. The van der Waals surface area contributed by atoms with Gasteiger partial charge >= 0.3 is 6.01 Å². The lowest BCUT2D eigenvalue weighted by Crippen LogP contribution is -2.44. The molecule has 0 radical (unpaired) electrons. The third kappa shape index (κ3) is 4.03. The van der Waals surface area contributed by atoms with Crippen molar-refractivity contribution in [1.82, 2.24) is 14.9 Å². The van der Waals surface area contributed by atoms with Gasteiger partial charge in [-0.25, -0.2) is 4.98 Å². The van der Waals surface area contributed by atoms with Crippen molar-refractivity contribution < 1.29 is 14.3 Å². The normalized spacial score (nSPS) is 17.4. The summed E-state index contributed by atoms with van der Waals surface area (Å²) < 4.78 is 11.8. The van der Waals surface area contributed by atoms with Gasteiger partial charge in [-0.3, -0.25) is 4.79 Å². The quantitative estimate of drug-likeness (QED) is 0.801. The molecule has 2 aromatic rings. The molecule has 1 fully saturated rings. The van der Waals surface area contributed by atoms with Crippen molar-refractivity contribution in [3.8, 4) is 11.9 Å². The van der Waals surface area contributed by atoms with Gasteiger partial charge in [0.15, 0.2) is 0 Å². The first-order valence-corrected chi connectivity index (χ1v) is 8.53. The van der Waals surface area contributed by atoms with E-state index in [4.69, 9.17) is 9.47 Å². The molecule has 0 N–H and O–H groups in total. The second-order valence-corrected chi connectivity index (χ2v) is 6.44. The monoisotopic (exact) mass is 391 g/mol. The fraction of sp³-hybridized carbons (Fsp3) is 0.353. The first-order valence-electron chi connectivity index (χ1n) is 7.74. The standard InChI is InChI=1S/C17H18BrN3O3/c1-23-17-19-8-7-15(20-17)24-14-6-3-9-21(11-14)16(22)12-4-2-5-13(18)10-12/h2,4-5,7-8,10,14H,3,6,9,11H2,1H3. The van der Waals surface area contributed by atoms with E-state index in [2.05, 4.69) is 25.9 Å². The maximum atomic E-state index is 12.7. The Hall–Kier alpha value is -2.15. The minimum absolute atomic E-state index is 0.0184. The predicted molar refractivity (Wildman–Crippen MR) is 92.3 cm³/mol. The van der Waals surface area contributed by atoms with Gasteiger partial charge in [0.1, 0.15) is 6.10 Å². The Morgan fingerprint density at radius 1 is 1.38 bits per heavy atom. The molecule has 1 aromatic heterocycles.